The molecule has 2 aliphatic rings. The van der Waals surface area contributed by atoms with Gasteiger partial charge in [-0.25, -0.2) is 4.98 Å². The average Bonchev–Trinajstić information content (AvgIpc) is 3.34. The number of carbonyl (C=O) groups is 1. The molecule has 8 heteroatoms. The first-order valence-electron chi connectivity index (χ1n) is 9.92. The maximum absolute atomic E-state index is 12.0. The highest BCUT2D eigenvalue weighted by atomic mass is 16.5. The zero-order valence-electron chi connectivity index (χ0n) is 17.1. The smallest absolute Gasteiger partial charge is 0.224 e. The fraction of sp³-hybridized carbons (Fsp3) is 0.524. The molecular formula is C21H28N4O4. The Bertz CT molecular complexity index is 881. The fourth-order valence-electron chi connectivity index (χ4n) is 4.28. The molecule has 4 rings (SSSR count). The van der Waals surface area contributed by atoms with Crippen LogP contribution in [0.5, 0.6) is 11.5 Å². The number of imidazole rings is 1. The van der Waals surface area contributed by atoms with E-state index in [1.165, 1.54) is 7.11 Å². The van der Waals surface area contributed by atoms with E-state index in [9.17, 15) is 9.90 Å². The molecule has 0 unspecified atom stereocenters. The molecule has 2 aliphatic heterocycles. The van der Waals surface area contributed by atoms with Gasteiger partial charge in [0.2, 0.25) is 5.91 Å². The molecule has 3 heterocycles. The van der Waals surface area contributed by atoms with Gasteiger partial charge in [0.15, 0.2) is 11.5 Å². The van der Waals surface area contributed by atoms with Crippen molar-refractivity contribution in [3.63, 3.8) is 0 Å². The number of aromatic nitrogens is 2. The van der Waals surface area contributed by atoms with Crippen LogP contribution in [-0.4, -0.2) is 83.4 Å². The molecule has 1 aromatic heterocycles. The summed E-state index contributed by atoms with van der Waals surface area (Å²) in [4.78, 5) is 20.6. The van der Waals surface area contributed by atoms with Gasteiger partial charge in [0.1, 0.15) is 5.82 Å². The minimum Gasteiger partial charge on any atom is -0.504 e. The van der Waals surface area contributed by atoms with E-state index in [4.69, 9.17) is 9.47 Å². The highest BCUT2D eigenvalue weighted by Gasteiger charge is 2.39. The molecule has 8 nitrogen and oxygen atoms in total. The van der Waals surface area contributed by atoms with Gasteiger partial charge in [-0.2, -0.15) is 0 Å². The van der Waals surface area contributed by atoms with E-state index >= 15 is 0 Å². The number of fused-ring (bicyclic) bond motifs is 1. The number of amides is 1. The van der Waals surface area contributed by atoms with Gasteiger partial charge in [0.25, 0.3) is 0 Å². The molecule has 0 bridgehead atoms. The number of methoxy groups -OCH3 is 1. The summed E-state index contributed by atoms with van der Waals surface area (Å²) in [6.07, 6.45) is 5.12. The number of ether oxygens (including phenoxy) is 2. The molecule has 2 aromatic rings. The summed E-state index contributed by atoms with van der Waals surface area (Å²) in [6, 6.07) is 5.97. The van der Waals surface area contributed by atoms with Crippen molar-refractivity contribution < 1.29 is 19.4 Å². The van der Waals surface area contributed by atoms with Gasteiger partial charge in [-0.1, -0.05) is 0 Å². The molecular weight excluding hydrogens is 372 g/mol. The van der Waals surface area contributed by atoms with E-state index in [-0.39, 0.29) is 23.8 Å². The van der Waals surface area contributed by atoms with E-state index in [2.05, 4.69) is 14.5 Å². The van der Waals surface area contributed by atoms with Crippen molar-refractivity contribution in [2.24, 2.45) is 0 Å². The molecule has 29 heavy (non-hydrogen) atoms. The third kappa shape index (κ3) is 3.95. The largest absolute Gasteiger partial charge is 0.504 e. The maximum atomic E-state index is 12.0. The van der Waals surface area contributed by atoms with Crippen molar-refractivity contribution in [3.8, 4) is 22.9 Å². The molecule has 2 fully saturated rings. The Labute approximate surface area is 170 Å². The molecule has 156 valence electrons. The minimum atomic E-state index is -0.0549. The van der Waals surface area contributed by atoms with Crippen LogP contribution in [0.1, 0.15) is 18.9 Å². The zero-order valence-corrected chi connectivity index (χ0v) is 17.1. The number of phenolic OH excluding ortho intramolecular Hbond substituents is 1. The quantitative estimate of drug-likeness (QED) is 0.824. The Kier molecular flexibility index (Phi) is 5.47. The lowest BCUT2D eigenvalue weighted by molar-refractivity contribution is -0.134. The lowest BCUT2D eigenvalue weighted by Gasteiger charge is -2.35. The molecule has 0 saturated carbocycles. The first-order valence-corrected chi connectivity index (χ1v) is 9.92. The van der Waals surface area contributed by atoms with Crippen molar-refractivity contribution in [1.82, 2.24) is 19.4 Å². The SMILES string of the molecule is COc1ccc(-c2nccn2[C@@H]2C[C@H]3CO[C@@H](CC(=O)N(C)C)CN3C2)cc1O. The van der Waals surface area contributed by atoms with Gasteiger partial charge in [-0.3, -0.25) is 9.69 Å². The minimum absolute atomic E-state index is 0.0549. The van der Waals surface area contributed by atoms with Gasteiger partial charge in [-0.15, -0.1) is 0 Å². The summed E-state index contributed by atoms with van der Waals surface area (Å²) in [5.41, 5.74) is 0.851. The zero-order chi connectivity index (χ0) is 20.5. The Balaban J connectivity index is 1.47. The second-order valence-electron chi connectivity index (χ2n) is 7.99. The van der Waals surface area contributed by atoms with Gasteiger partial charge in [0.05, 0.1) is 26.2 Å². The molecule has 0 radical (unpaired) electrons. The highest BCUT2D eigenvalue weighted by molar-refractivity contribution is 5.76. The molecule has 0 aliphatic carbocycles. The first-order chi connectivity index (χ1) is 14.0. The molecule has 3 atom stereocenters. The predicted molar refractivity (Wildman–Crippen MR) is 108 cm³/mol. The number of aromatic hydroxyl groups is 1. The summed E-state index contributed by atoms with van der Waals surface area (Å²) >= 11 is 0. The monoisotopic (exact) mass is 400 g/mol. The summed E-state index contributed by atoms with van der Waals surface area (Å²) in [7, 11) is 5.08. The van der Waals surface area contributed by atoms with Crippen LogP contribution in [-0.2, 0) is 9.53 Å². The van der Waals surface area contributed by atoms with Crippen LogP contribution in [0.2, 0.25) is 0 Å². The molecule has 1 N–H and O–H groups in total. The summed E-state index contributed by atoms with van der Waals surface area (Å²) in [5, 5.41) is 10.1. The number of benzene rings is 1. The number of carbonyl (C=O) groups excluding carboxylic acids is 1. The number of hydrogen-bond donors (Lipinski definition) is 1. The maximum Gasteiger partial charge on any atom is 0.224 e. The first kappa shape index (κ1) is 19.7. The Morgan fingerprint density at radius 2 is 2.17 bits per heavy atom. The number of phenols is 1. The van der Waals surface area contributed by atoms with Crippen LogP contribution < -0.4 is 4.74 Å². The second-order valence-corrected chi connectivity index (χ2v) is 7.99. The normalized spacial score (nSPS) is 24.3. The van der Waals surface area contributed by atoms with Crippen LogP contribution in [0.25, 0.3) is 11.4 Å². The van der Waals surface area contributed by atoms with E-state index in [1.807, 2.05) is 12.3 Å². The predicted octanol–water partition coefficient (Wildman–Crippen LogP) is 1.76. The fourth-order valence-corrected chi connectivity index (χ4v) is 4.28. The van der Waals surface area contributed by atoms with Crippen molar-refractivity contribution in [3.05, 3.63) is 30.6 Å². The second kappa shape index (κ2) is 8.04. The van der Waals surface area contributed by atoms with Gasteiger partial charge < -0.3 is 24.0 Å². The third-order valence-electron chi connectivity index (χ3n) is 5.87. The van der Waals surface area contributed by atoms with Crippen LogP contribution in [0, 0.1) is 0 Å². The van der Waals surface area contributed by atoms with E-state index in [0.29, 0.717) is 24.8 Å². The van der Waals surface area contributed by atoms with E-state index in [1.54, 1.807) is 37.3 Å². The summed E-state index contributed by atoms with van der Waals surface area (Å²) in [6.45, 7) is 2.31. The Morgan fingerprint density at radius 3 is 2.90 bits per heavy atom. The van der Waals surface area contributed by atoms with E-state index < -0.39 is 0 Å². The number of morpholine rings is 1. The van der Waals surface area contributed by atoms with Gasteiger partial charge in [-0.05, 0) is 24.6 Å². The average molecular weight is 400 g/mol. The van der Waals surface area contributed by atoms with Crippen molar-refractivity contribution >= 4 is 5.91 Å². The third-order valence-corrected chi connectivity index (χ3v) is 5.87. The summed E-state index contributed by atoms with van der Waals surface area (Å²) in [5.74, 6) is 1.47. The summed E-state index contributed by atoms with van der Waals surface area (Å²) < 4.78 is 13.3. The Hall–Kier alpha value is -2.58. The Morgan fingerprint density at radius 1 is 1.34 bits per heavy atom. The van der Waals surface area contributed by atoms with Crippen LogP contribution in [0.15, 0.2) is 30.6 Å². The molecule has 1 aromatic carbocycles. The van der Waals surface area contributed by atoms with Crippen LogP contribution >= 0.6 is 0 Å². The van der Waals surface area contributed by atoms with Crippen LogP contribution in [0.3, 0.4) is 0 Å². The lowest BCUT2D eigenvalue weighted by atomic mass is 10.1. The number of nitrogens with zero attached hydrogens (tertiary/aromatic N) is 4. The highest BCUT2D eigenvalue weighted by Crippen LogP contribution is 2.36. The lowest BCUT2D eigenvalue weighted by Crippen LogP contribution is -2.47. The van der Waals surface area contributed by atoms with Crippen molar-refractivity contribution in [2.75, 3.05) is 40.9 Å². The topological polar surface area (TPSA) is 80.1 Å². The van der Waals surface area contributed by atoms with Gasteiger partial charge >= 0.3 is 0 Å². The van der Waals surface area contributed by atoms with E-state index in [0.717, 1.165) is 30.9 Å². The van der Waals surface area contributed by atoms with Gasteiger partial charge in [0, 0.05) is 57.2 Å². The molecule has 2 saturated heterocycles. The standard InChI is InChI=1S/C21H28N4O4/c1-23(2)20(27)10-17-12-24-11-15(9-16(24)13-29-17)25-7-6-22-21(25)14-4-5-19(28-3)18(26)8-14/h4-8,15-17,26H,9-13H2,1-3H3/t15-,16+,17+/m1/s1. The number of hydrogen-bond acceptors (Lipinski definition) is 6. The van der Waals surface area contributed by atoms with Crippen molar-refractivity contribution in [1.29, 1.82) is 0 Å². The van der Waals surface area contributed by atoms with Crippen LogP contribution in [0.4, 0.5) is 0 Å². The number of rotatable bonds is 5. The van der Waals surface area contributed by atoms with Crippen molar-refractivity contribution in [2.45, 2.75) is 31.0 Å². The molecule has 1 amide bonds. The molecule has 0 spiro atoms.